The smallest absolute Gasteiger partial charge is 0.121 e. The van der Waals surface area contributed by atoms with Gasteiger partial charge < -0.3 is 9.84 Å². The van der Waals surface area contributed by atoms with Gasteiger partial charge in [-0.2, -0.15) is 0 Å². The van der Waals surface area contributed by atoms with Crippen molar-refractivity contribution < 1.29 is 9.84 Å². The molecule has 1 heterocycles. The van der Waals surface area contributed by atoms with E-state index in [1.165, 1.54) is 12.8 Å². The quantitative estimate of drug-likeness (QED) is 0.561. The zero-order chi connectivity index (χ0) is 11.3. The Morgan fingerprint density at radius 3 is 2.47 bits per heavy atom. The van der Waals surface area contributed by atoms with Gasteiger partial charge in [0.05, 0.1) is 11.7 Å². The van der Waals surface area contributed by atoms with Gasteiger partial charge in [-0.05, 0) is 33.1 Å². The topological polar surface area (TPSA) is 32.8 Å². The highest BCUT2D eigenvalue weighted by Crippen LogP contribution is 2.65. The Hall–Kier alpha value is -0.340. The third-order valence-corrected chi connectivity index (χ3v) is 4.20. The summed E-state index contributed by atoms with van der Waals surface area (Å²) in [4.78, 5) is 0. The predicted octanol–water partition coefficient (Wildman–Crippen LogP) is 2.66. The highest BCUT2D eigenvalue weighted by Gasteiger charge is 2.73. The molecule has 86 valence electrons. The molecule has 0 radical (unpaired) electrons. The van der Waals surface area contributed by atoms with Crippen LogP contribution in [0.5, 0.6) is 0 Å². The molecule has 0 aromatic carbocycles. The molecule has 1 N–H and O–H groups in total. The first kappa shape index (κ1) is 11.2. The molecule has 1 saturated carbocycles. The maximum absolute atomic E-state index is 9.33. The molecular formula is C13H22O2. The fourth-order valence-electron chi connectivity index (χ4n) is 3.18. The molecule has 0 aromatic heterocycles. The van der Waals surface area contributed by atoms with E-state index in [0.717, 1.165) is 6.42 Å². The lowest BCUT2D eigenvalue weighted by Crippen LogP contribution is -2.41. The van der Waals surface area contributed by atoms with Crippen LogP contribution in [0.1, 0.15) is 47.0 Å². The summed E-state index contributed by atoms with van der Waals surface area (Å²) in [5, 5.41) is 9.33. The summed E-state index contributed by atoms with van der Waals surface area (Å²) in [5.41, 5.74) is 0.0702. The van der Waals surface area contributed by atoms with Crippen LogP contribution in [0.25, 0.3) is 0 Å². The maximum Gasteiger partial charge on any atom is 0.121 e. The Kier molecular flexibility index (Phi) is 2.29. The van der Waals surface area contributed by atoms with Gasteiger partial charge in [-0.1, -0.05) is 26.0 Å². The summed E-state index contributed by atoms with van der Waals surface area (Å²) in [6.45, 7) is 8.51. The molecule has 15 heavy (non-hydrogen) atoms. The summed E-state index contributed by atoms with van der Waals surface area (Å²) in [6, 6.07) is 0. The van der Waals surface area contributed by atoms with Gasteiger partial charge in [0, 0.05) is 5.41 Å². The van der Waals surface area contributed by atoms with Crippen molar-refractivity contribution >= 4 is 0 Å². The van der Waals surface area contributed by atoms with Gasteiger partial charge in [0.25, 0.3) is 0 Å². The highest BCUT2D eigenvalue weighted by molar-refractivity contribution is 5.31. The molecule has 2 aliphatic rings. The Morgan fingerprint density at radius 2 is 1.93 bits per heavy atom. The van der Waals surface area contributed by atoms with Gasteiger partial charge in [-0.25, -0.2) is 0 Å². The molecule has 3 atom stereocenters. The van der Waals surface area contributed by atoms with Crippen LogP contribution in [0.3, 0.4) is 0 Å². The van der Waals surface area contributed by atoms with Crippen molar-refractivity contribution in [1.82, 2.24) is 0 Å². The third kappa shape index (κ3) is 1.46. The van der Waals surface area contributed by atoms with Crippen molar-refractivity contribution in [3.05, 3.63) is 12.2 Å². The van der Waals surface area contributed by atoms with Crippen molar-refractivity contribution in [2.75, 3.05) is 0 Å². The minimum Gasteiger partial charge on any atom is -0.389 e. The maximum atomic E-state index is 9.33. The fourth-order valence-corrected chi connectivity index (χ4v) is 3.18. The van der Waals surface area contributed by atoms with Crippen LogP contribution in [-0.2, 0) is 4.74 Å². The average molecular weight is 210 g/mol. The molecule has 1 saturated heterocycles. The number of epoxide rings is 1. The Balaban J connectivity index is 2.26. The average Bonchev–Trinajstić information content (AvgIpc) is 2.70. The number of aliphatic hydroxyl groups is 1. The standard InChI is InChI=1S/C13H22O2/c1-10(14)6-9-13-11(2,3)7-5-8-12(13,4)15-13/h6,9-10,14H,5,7-8H2,1-4H3/b9-6+. The SMILES string of the molecule is CC(O)/C=C/C12OC1(C)CCCC2(C)C. The third-order valence-electron chi connectivity index (χ3n) is 4.20. The summed E-state index contributed by atoms with van der Waals surface area (Å²) in [7, 11) is 0. The van der Waals surface area contributed by atoms with E-state index in [0.29, 0.717) is 0 Å². The summed E-state index contributed by atoms with van der Waals surface area (Å²) < 4.78 is 6.02. The summed E-state index contributed by atoms with van der Waals surface area (Å²) in [6.07, 6.45) is 7.15. The lowest BCUT2D eigenvalue weighted by molar-refractivity contribution is 0.163. The summed E-state index contributed by atoms with van der Waals surface area (Å²) in [5.74, 6) is 0. The summed E-state index contributed by atoms with van der Waals surface area (Å²) >= 11 is 0. The zero-order valence-corrected chi connectivity index (χ0v) is 10.2. The van der Waals surface area contributed by atoms with Crippen molar-refractivity contribution in [3.63, 3.8) is 0 Å². The molecule has 3 unspecified atom stereocenters. The van der Waals surface area contributed by atoms with Gasteiger partial charge in [-0.15, -0.1) is 0 Å². The van der Waals surface area contributed by atoms with E-state index in [1.54, 1.807) is 6.92 Å². The van der Waals surface area contributed by atoms with Crippen LogP contribution >= 0.6 is 0 Å². The molecule has 2 rings (SSSR count). The number of hydrogen-bond acceptors (Lipinski definition) is 2. The van der Waals surface area contributed by atoms with Crippen molar-refractivity contribution in [2.45, 2.75) is 64.3 Å². The second kappa shape index (κ2) is 3.08. The lowest BCUT2D eigenvalue weighted by atomic mass is 9.64. The van der Waals surface area contributed by atoms with E-state index in [9.17, 15) is 5.11 Å². The van der Waals surface area contributed by atoms with E-state index in [4.69, 9.17) is 4.74 Å². The van der Waals surface area contributed by atoms with Gasteiger partial charge in [-0.3, -0.25) is 0 Å². The van der Waals surface area contributed by atoms with Crippen molar-refractivity contribution in [3.8, 4) is 0 Å². The Morgan fingerprint density at radius 1 is 1.27 bits per heavy atom. The molecular weight excluding hydrogens is 188 g/mol. The van der Waals surface area contributed by atoms with E-state index in [1.807, 2.05) is 6.08 Å². The van der Waals surface area contributed by atoms with Crippen LogP contribution < -0.4 is 0 Å². The van der Waals surface area contributed by atoms with E-state index >= 15 is 0 Å². The number of hydrogen-bond donors (Lipinski definition) is 1. The van der Waals surface area contributed by atoms with Crippen LogP contribution in [0.15, 0.2) is 12.2 Å². The van der Waals surface area contributed by atoms with E-state index < -0.39 is 0 Å². The first-order chi connectivity index (χ1) is 6.83. The normalized spacial score (nSPS) is 45.1. The van der Waals surface area contributed by atoms with E-state index in [-0.39, 0.29) is 22.7 Å². The second-order valence-corrected chi connectivity index (χ2v) is 5.91. The highest BCUT2D eigenvalue weighted by atomic mass is 16.6. The largest absolute Gasteiger partial charge is 0.389 e. The number of aliphatic hydroxyl groups excluding tert-OH is 1. The molecule has 1 aliphatic heterocycles. The monoisotopic (exact) mass is 210 g/mol. The van der Waals surface area contributed by atoms with Crippen LogP contribution in [0.4, 0.5) is 0 Å². The number of ether oxygens (including phenoxy) is 1. The fraction of sp³-hybridized carbons (Fsp3) is 0.846. The predicted molar refractivity (Wildman–Crippen MR) is 60.7 cm³/mol. The molecule has 2 heteroatoms. The van der Waals surface area contributed by atoms with E-state index in [2.05, 4.69) is 26.8 Å². The van der Waals surface area contributed by atoms with Crippen molar-refractivity contribution in [1.29, 1.82) is 0 Å². The van der Waals surface area contributed by atoms with Crippen molar-refractivity contribution in [2.24, 2.45) is 5.41 Å². The van der Waals surface area contributed by atoms with Gasteiger partial charge >= 0.3 is 0 Å². The van der Waals surface area contributed by atoms with Gasteiger partial charge in [0.15, 0.2) is 0 Å². The first-order valence-corrected chi connectivity index (χ1v) is 5.91. The van der Waals surface area contributed by atoms with Crippen LogP contribution in [0.2, 0.25) is 0 Å². The number of rotatable bonds is 2. The molecule has 0 amide bonds. The minimum absolute atomic E-state index is 0.0140. The molecule has 2 nitrogen and oxygen atoms in total. The second-order valence-electron chi connectivity index (χ2n) is 5.91. The Bertz CT molecular complexity index is 293. The van der Waals surface area contributed by atoms with Gasteiger partial charge in [0.1, 0.15) is 5.60 Å². The molecule has 0 spiro atoms. The van der Waals surface area contributed by atoms with Crippen LogP contribution in [-0.4, -0.2) is 22.4 Å². The number of fused-ring (bicyclic) bond motifs is 1. The Labute approximate surface area is 92.3 Å². The molecule has 0 bridgehead atoms. The molecule has 2 fully saturated rings. The van der Waals surface area contributed by atoms with Crippen LogP contribution in [0, 0.1) is 5.41 Å². The minimum atomic E-state index is -0.384. The molecule has 1 aliphatic carbocycles. The van der Waals surface area contributed by atoms with Gasteiger partial charge in [0.2, 0.25) is 0 Å². The molecule has 0 aromatic rings. The zero-order valence-electron chi connectivity index (χ0n) is 10.2. The first-order valence-electron chi connectivity index (χ1n) is 5.91. The lowest BCUT2D eigenvalue weighted by Gasteiger charge is -2.36.